The Kier molecular flexibility index (Phi) is 9.58. The van der Waals surface area contributed by atoms with Gasteiger partial charge >= 0.3 is 0 Å². The van der Waals surface area contributed by atoms with Crippen LogP contribution in [0, 0.1) is 6.92 Å². The smallest absolute Gasteiger partial charge is 0.228 e. The van der Waals surface area contributed by atoms with E-state index in [4.69, 9.17) is 9.47 Å². The molecule has 0 aliphatic carbocycles. The van der Waals surface area contributed by atoms with E-state index in [1.807, 2.05) is 55.5 Å². The molecule has 10 heteroatoms. The number of ketones is 1. The Morgan fingerprint density at radius 2 is 1.73 bits per heavy atom. The first-order valence-corrected chi connectivity index (χ1v) is 15.1. The van der Waals surface area contributed by atoms with Crippen LogP contribution in [-0.4, -0.2) is 38.9 Å². The zero-order valence-corrected chi connectivity index (χ0v) is 24.4. The number of aryl methyl sites for hydroxylation is 1. The molecule has 0 bridgehead atoms. The third-order valence-corrected chi connectivity index (χ3v) is 8.79. The van der Waals surface area contributed by atoms with Gasteiger partial charge in [0.25, 0.3) is 0 Å². The van der Waals surface area contributed by atoms with Gasteiger partial charge in [0, 0.05) is 29.0 Å². The van der Waals surface area contributed by atoms with Gasteiger partial charge in [-0.1, -0.05) is 83.8 Å². The molecule has 1 aliphatic heterocycles. The van der Waals surface area contributed by atoms with E-state index >= 15 is 0 Å². The molecule has 1 aliphatic rings. The van der Waals surface area contributed by atoms with Crippen molar-refractivity contribution >= 4 is 40.5 Å². The van der Waals surface area contributed by atoms with Crippen molar-refractivity contribution in [1.82, 2.24) is 10.2 Å². The van der Waals surface area contributed by atoms with Gasteiger partial charge in [0.15, 0.2) is 16.4 Å². The summed E-state index contributed by atoms with van der Waals surface area (Å²) in [6.07, 6.45) is 0.0339. The van der Waals surface area contributed by atoms with Gasteiger partial charge in [-0.3, -0.25) is 9.59 Å². The van der Waals surface area contributed by atoms with Crippen molar-refractivity contribution in [3.05, 3.63) is 106 Å². The Hall–Kier alpha value is -3.41. The van der Waals surface area contributed by atoms with Crippen LogP contribution in [0.2, 0.25) is 0 Å². The Morgan fingerprint density at radius 1 is 1.00 bits per heavy atom. The van der Waals surface area contributed by atoms with Gasteiger partial charge in [-0.15, -0.1) is 10.2 Å². The Labute approximate surface area is 247 Å². The average molecular weight is 590 g/mol. The van der Waals surface area contributed by atoms with Crippen molar-refractivity contribution in [2.75, 3.05) is 11.1 Å². The first-order valence-electron chi connectivity index (χ1n) is 13.3. The lowest BCUT2D eigenvalue weighted by molar-refractivity contribution is -0.245. The second-order valence-electron chi connectivity index (χ2n) is 9.85. The summed E-state index contributed by atoms with van der Waals surface area (Å²) < 4.78 is 13.7. The summed E-state index contributed by atoms with van der Waals surface area (Å²) in [6, 6.07) is 22.4. The first kappa shape index (κ1) is 29.1. The molecular formula is C31H31N3O5S2. The van der Waals surface area contributed by atoms with Crippen LogP contribution in [0.5, 0.6) is 0 Å². The Bertz CT molecular complexity index is 1490. The summed E-state index contributed by atoms with van der Waals surface area (Å²) in [4.78, 5) is 24.3. The fourth-order valence-corrected chi connectivity index (χ4v) is 6.38. The minimum atomic E-state index is -0.578. The zero-order valence-electron chi connectivity index (χ0n) is 22.8. The van der Waals surface area contributed by atoms with Crippen molar-refractivity contribution in [2.24, 2.45) is 0 Å². The average Bonchev–Trinajstić information content (AvgIpc) is 3.41. The number of thioether (sulfide) groups is 1. The van der Waals surface area contributed by atoms with Gasteiger partial charge in [-0.05, 0) is 42.7 Å². The third kappa shape index (κ3) is 7.87. The van der Waals surface area contributed by atoms with Crippen LogP contribution in [0.25, 0.3) is 0 Å². The maximum atomic E-state index is 12.7. The molecule has 3 atom stereocenters. The van der Waals surface area contributed by atoms with Gasteiger partial charge in [-0.2, -0.15) is 0 Å². The van der Waals surface area contributed by atoms with Gasteiger partial charge in [0.1, 0.15) is 5.01 Å². The molecule has 2 N–H and O–H groups in total. The van der Waals surface area contributed by atoms with Crippen LogP contribution in [-0.2, 0) is 27.3 Å². The largest absolute Gasteiger partial charge is 0.392 e. The molecule has 212 valence electrons. The second kappa shape index (κ2) is 13.5. The number of aliphatic hydroxyl groups is 1. The molecule has 1 aromatic heterocycles. The van der Waals surface area contributed by atoms with Crippen LogP contribution < -0.4 is 5.32 Å². The topological polar surface area (TPSA) is 111 Å². The lowest BCUT2D eigenvalue weighted by Gasteiger charge is -2.36. The minimum Gasteiger partial charge on any atom is -0.392 e. The molecule has 2 heterocycles. The number of anilines is 1. The predicted octanol–water partition coefficient (Wildman–Crippen LogP) is 6.06. The molecular weight excluding hydrogens is 558 g/mol. The molecule has 1 amide bonds. The van der Waals surface area contributed by atoms with E-state index in [2.05, 4.69) is 15.5 Å². The molecule has 4 aromatic rings. The minimum absolute atomic E-state index is 0.00670. The number of Topliss-reactive ketones (excluding diaryl/α,β-unsaturated/α-hetero) is 1. The maximum absolute atomic E-state index is 12.7. The van der Waals surface area contributed by atoms with Crippen LogP contribution in [0.1, 0.15) is 63.4 Å². The van der Waals surface area contributed by atoms with E-state index in [0.717, 1.165) is 31.6 Å². The van der Waals surface area contributed by atoms with E-state index in [1.165, 1.54) is 6.92 Å². The van der Waals surface area contributed by atoms with E-state index < -0.39 is 6.29 Å². The summed E-state index contributed by atoms with van der Waals surface area (Å²) in [5.74, 6) is 0.492. The van der Waals surface area contributed by atoms with E-state index in [-0.39, 0.29) is 36.9 Å². The number of aliphatic hydroxyl groups excluding tert-OH is 1. The number of nitrogens with zero attached hydrogens (tertiary/aromatic N) is 2. The molecule has 3 unspecified atom stereocenters. The Balaban J connectivity index is 1.26. The Morgan fingerprint density at radius 3 is 2.41 bits per heavy atom. The van der Waals surface area contributed by atoms with Gasteiger partial charge in [0.2, 0.25) is 5.91 Å². The van der Waals surface area contributed by atoms with E-state index in [9.17, 15) is 14.7 Å². The lowest BCUT2D eigenvalue weighted by Crippen LogP contribution is -2.31. The summed E-state index contributed by atoms with van der Waals surface area (Å²) in [6.45, 7) is 3.43. The van der Waals surface area contributed by atoms with Crippen molar-refractivity contribution < 1.29 is 24.2 Å². The van der Waals surface area contributed by atoms with E-state index in [0.29, 0.717) is 23.4 Å². The van der Waals surface area contributed by atoms with Crippen molar-refractivity contribution in [1.29, 1.82) is 0 Å². The van der Waals surface area contributed by atoms with Crippen LogP contribution >= 0.6 is 23.1 Å². The molecule has 8 nitrogen and oxygen atoms in total. The van der Waals surface area contributed by atoms with Crippen LogP contribution in [0.15, 0.2) is 77.1 Å². The highest BCUT2D eigenvalue weighted by atomic mass is 32.2. The molecule has 0 saturated carbocycles. The van der Waals surface area contributed by atoms with Crippen molar-refractivity contribution in [3.63, 3.8) is 0 Å². The lowest BCUT2D eigenvalue weighted by atomic mass is 10.0. The zero-order chi connectivity index (χ0) is 28.8. The first-order chi connectivity index (χ1) is 19.9. The monoisotopic (exact) mass is 589 g/mol. The number of carbonyl (C=O) groups excluding carboxylic acids is 2. The molecule has 1 saturated heterocycles. The number of carbonyl (C=O) groups is 2. The highest BCUT2D eigenvalue weighted by Gasteiger charge is 2.32. The number of amides is 1. The highest BCUT2D eigenvalue weighted by Crippen LogP contribution is 2.39. The standard InChI is InChI=1S/C31H31N3O5S2/c1-19(36)25-4-3-5-26(15-25)32-29(37)14-21-6-12-24(13-7-21)30-38-27(18-40-31-34-33-20(2)41-31)16-28(39-30)23-10-8-22(17-35)9-11-23/h3-13,15,27-28,30,35H,14,16-18H2,1-2H3,(H,32,37). The summed E-state index contributed by atoms with van der Waals surface area (Å²) >= 11 is 3.19. The molecule has 5 rings (SSSR count). The fraction of sp³-hybridized carbons (Fsp3) is 0.290. The number of hydrogen-bond donors (Lipinski definition) is 2. The maximum Gasteiger partial charge on any atom is 0.228 e. The number of aromatic nitrogens is 2. The van der Waals surface area contributed by atoms with Crippen LogP contribution in [0.3, 0.4) is 0 Å². The van der Waals surface area contributed by atoms with Crippen molar-refractivity contribution in [3.8, 4) is 0 Å². The number of ether oxygens (including phenoxy) is 2. The number of nitrogens with one attached hydrogen (secondary N) is 1. The van der Waals surface area contributed by atoms with Gasteiger partial charge < -0.3 is 19.9 Å². The molecule has 41 heavy (non-hydrogen) atoms. The summed E-state index contributed by atoms with van der Waals surface area (Å²) in [7, 11) is 0. The van der Waals surface area contributed by atoms with Crippen LogP contribution in [0.4, 0.5) is 5.69 Å². The number of hydrogen-bond acceptors (Lipinski definition) is 9. The summed E-state index contributed by atoms with van der Waals surface area (Å²) in [5.41, 5.74) is 4.73. The SMILES string of the molecule is CC(=O)c1cccc(NC(=O)Cc2ccc(C3OC(CSc4nnc(C)s4)CC(c4ccc(CO)cc4)O3)cc2)c1. The number of benzene rings is 3. The quantitative estimate of drug-likeness (QED) is 0.170. The van der Waals surface area contributed by atoms with E-state index in [1.54, 1.807) is 47.4 Å². The molecule has 3 aromatic carbocycles. The highest BCUT2D eigenvalue weighted by molar-refractivity contribution is 8.01. The summed E-state index contributed by atoms with van der Waals surface area (Å²) in [5, 5.41) is 21.5. The van der Waals surface area contributed by atoms with Gasteiger partial charge in [-0.25, -0.2) is 0 Å². The number of rotatable bonds is 10. The van der Waals surface area contributed by atoms with Gasteiger partial charge in [0.05, 0.1) is 25.2 Å². The molecule has 0 radical (unpaired) electrons. The fourth-order valence-electron chi connectivity index (χ4n) is 4.52. The molecule has 1 fully saturated rings. The normalized spacial score (nSPS) is 18.7. The molecule has 0 spiro atoms. The van der Waals surface area contributed by atoms with Crippen molar-refractivity contribution in [2.45, 2.75) is 56.1 Å². The third-order valence-electron chi connectivity index (χ3n) is 6.68. The predicted molar refractivity (Wildman–Crippen MR) is 159 cm³/mol. The second-order valence-corrected chi connectivity index (χ2v) is 12.3.